The number of aromatic nitrogens is 2. The lowest BCUT2D eigenvalue weighted by atomic mass is 10.0. The third-order valence-corrected chi connectivity index (χ3v) is 5.42. The lowest BCUT2D eigenvalue weighted by Gasteiger charge is -2.31. The number of amides is 2. The molecule has 2 amide bonds. The highest BCUT2D eigenvalue weighted by Crippen LogP contribution is 2.29. The van der Waals surface area contributed by atoms with Crippen molar-refractivity contribution in [2.75, 3.05) is 30.9 Å². The Kier molecular flexibility index (Phi) is 5.65. The van der Waals surface area contributed by atoms with Crippen LogP contribution >= 0.6 is 0 Å². The van der Waals surface area contributed by atoms with Crippen LogP contribution in [0.25, 0.3) is 11.4 Å². The molecule has 6 nitrogen and oxygen atoms in total. The summed E-state index contributed by atoms with van der Waals surface area (Å²) in [5.41, 5.74) is 5.04. The molecule has 4 rings (SSSR count). The number of aryl methyl sites for hydroxylation is 1. The van der Waals surface area contributed by atoms with Crippen LogP contribution in [0.5, 0.6) is 0 Å². The zero-order valence-corrected chi connectivity index (χ0v) is 17.7. The van der Waals surface area contributed by atoms with Gasteiger partial charge in [-0.25, -0.2) is 14.8 Å². The van der Waals surface area contributed by atoms with Crippen LogP contribution in [0.3, 0.4) is 0 Å². The molecule has 0 aliphatic carbocycles. The number of rotatable bonds is 4. The Morgan fingerprint density at radius 2 is 1.80 bits per heavy atom. The average molecular weight is 402 g/mol. The Labute approximate surface area is 177 Å². The van der Waals surface area contributed by atoms with E-state index < -0.39 is 0 Å². The highest BCUT2D eigenvalue weighted by atomic mass is 16.2. The quantitative estimate of drug-likeness (QED) is 0.706. The Morgan fingerprint density at radius 1 is 1.07 bits per heavy atom. The molecule has 0 radical (unpaired) electrons. The second-order valence-corrected chi connectivity index (χ2v) is 7.67. The van der Waals surface area contributed by atoms with Crippen molar-refractivity contribution in [3.8, 4) is 11.4 Å². The van der Waals surface area contributed by atoms with E-state index in [1.165, 1.54) is 0 Å². The molecule has 154 valence electrons. The number of hydrogen-bond acceptors (Lipinski definition) is 4. The number of carbonyl (C=O) groups excluding carboxylic acids is 1. The van der Waals surface area contributed by atoms with Crippen LogP contribution in [-0.2, 0) is 19.4 Å². The van der Waals surface area contributed by atoms with Gasteiger partial charge in [-0.05, 0) is 18.1 Å². The van der Waals surface area contributed by atoms with Crippen LogP contribution in [0.4, 0.5) is 16.3 Å². The van der Waals surface area contributed by atoms with E-state index in [1.54, 1.807) is 0 Å². The minimum atomic E-state index is -0.0848. The number of urea groups is 1. The molecule has 0 unspecified atom stereocenters. The van der Waals surface area contributed by atoms with Crippen molar-refractivity contribution >= 4 is 17.5 Å². The van der Waals surface area contributed by atoms with Gasteiger partial charge in [-0.3, -0.25) is 0 Å². The smallest absolute Gasteiger partial charge is 0.322 e. The van der Waals surface area contributed by atoms with Gasteiger partial charge >= 0.3 is 6.03 Å². The van der Waals surface area contributed by atoms with Crippen LogP contribution < -0.4 is 10.2 Å². The molecular weight excluding hydrogens is 374 g/mol. The van der Waals surface area contributed by atoms with Gasteiger partial charge in [-0.2, -0.15) is 0 Å². The maximum atomic E-state index is 13.0. The topological polar surface area (TPSA) is 61.4 Å². The van der Waals surface area contributed by atoms with Crippen molar-refractivity contribution < 1.29 is 4.79 Å². The molecule has 6 heteroatoms. The second-order valence-electron chi connectivity index (χ2n) is 7.67. The van der Waals surface area contributed by atoms with Gasteiger partial charge < -0.3 is 15.1 Å². The van der Waals surface area contributed by atoms with Gasteiger partial charge in [0, 0.05) is 43.9 Å². The number of nitrogens with one attached hydrogen (secondary N) is 1. The van der Waals surface area contributed by atoms with E-state index >= 15 is 0 Å². The summed E-state index contributed by atoms with van der Waals surface area (Å²) in [5, 5.41) is 3.08. The first-order valence-corrected chi connectivity index (χ1v) is 10.3. The summed E-state index contributed by atoms with van der Waals surface area (Å²) in [5.74, 6) is 1.60. The fourth-order valence-corrected chi connectivity index (χ4v) is 3.80. The number of nitrogens with zero attached hydrogens (tertiary/aromatic N) is 4. The van der Waals surface area contributed by atoms with Crippen molar-refractivity contribution in [3.05, 3.63) is 71.4 Å². The Morgan fingerprint density at radius 3 is 2.53 bits per heavy atom. The number of hydrogen-bond donors (Lipinski definition) is 1. The van der Waals surface area contributed by atoms with Gasteiger partial charge in [-0.1, -0.05) is 55.5 Å². The van der Waals surface area contributed by atoms with Gasteiger partial charge in [0.25, 0.3) is 0 Å². The maximum Gasteiger partial charge on any atom is 0.322 e. The first-order chi connectivity index (χ1) is 14.6. The summed E-state index contributed by atoms with van der Waals surface area (Å²) in [6.45, 7) is 3.22. The van der Waals surface area contributed by atoms with Gasteiger partial charge in [-0.15, -0.1) is 0 Å². The van der Waals surface area contributed by atoms with Crippen molar-refractivity contribution in [2.45, 2.75) is 26.3 Å². The molecule has 0 fully saturated rings. The largest absolute Gasteiger partial charge is 0.362 e. The Balaban J connectivity index is 1.61. The van der Waals surface area contributed by atoms with E-state index in [-0.39, 0.29) is 6.03 Å². The fraction of sp³-hybridized carbons (Fsp3) is 0.292. The van der Waals surface area contributed by atoms with Crippen LogP contribution in [0.1, 0.15) is 23.7 Å². The molecule has 0 saturated carbocycles. The Hall–Kier alpha value is -3.41. The minimum absolute atomic E-state index is 0.0848. The number of benzene rings is 2. The predicted octanol–water partition coefficient (Wildman–Crippen LogP) is 4.36. The van der Waals surface area contributed by atoms with Gasteiger partial charge in [0.1, 0.15) is 5.82 Å². The lowest BCUT2D eigenvalue weighted by molar-refractivity contribution is 0.206. The van der Waals surface area contributed by atoms with E-state index in [4.69, 9.17) is 9.97 Å². The highest BCUT2D eigenvalue weighted by molar-refractivity contribution is 5.90. The summed E-state index contributed by atoms with van der Waals surface area (Å²) < 4.78 is 0. The zero-order chi connectivity index (χ0) is 21.1. The number of anilines is 2. The molecule has 2 aromatic carbocycles. The molecule has 1 N–H and O–H groups in total. The molecule has 2 heterocycles. The van der Waals surface area contributed by atoms with Gasteiger partial charge in [0.05, 0.1) is 12.2 Å². The lowest BCUT2D eigenvalue weighted by Crippen LogP contribution is -2.40. The predicted molar refractivity (Wildman–Crippen MR) is 121 cm³/mol. The van der Waals surface area contributed by atoms with E-state index in [2.05, 4.69) is 12.2 Å². The van der Waals surface area contributed by atoms with Crippen LogP contribution in [0.2, 0.25) is 0 Å². The van der Waals surface area contributed by atoms with Crippen molar-refractivity contribution in [1.29, 1.82) is 0 Å². The van der Waals surface area contributed by atoms with E-state index in [0.717, 1.165) is 46.1 Å². The molecule has 0 spiro atoms. The molecule has 0 saturated heterocycles. The summed E-state index contributed by atoms with van der Waals surface area (Å²) in [6.07, 6.45) is 1.58. The molecule has 0 atom stereocenters. The molecule has 1 aliphatic heterocycles. The summed E-state index contributed by atoms with van der Waals surface area (Å²) in [4.78, 5) is 26.5. The molecule has 3 aromatic rings. The summed E-state index contributed by atoms with van der Waals surface area (Å²) in [6, 6.07) is 17.9. The maximum absolute atomic E-state index is 13.0. The summed E-state index contributed by atoms with van der Waals surface area (Å²) in [7, 11) is 3.96. The molecule has 30 heavy (non-hydrogen) atoms. The third kappa shape index (κ3) is 3.99. The number of para-hydroxylation sites is 1. The van der Waals surface area contributed by atoms with Crippen molar-refractivity contribution in [3.63, 3.8) is 0 Å². The zero-order valence-electron chi connectivity index (χ0n) is 17.7. The molecule has 1 aromatic heterocycles. The average Bonchev–Trinajstić information content (AvgIpc) is 2.78. The highest BCUT2D eigenvalue weighted by Gasteiger charge is 2.26. The van der Waals surface area contributed by atoms with E-state index in [1.807, 2.05) is 78.5 Å². The SMILES string of the molecule is CCc1ccccc1NC(=O)N1CCc2nc(-c3ccccc3)nc(N(C)C)c2C1. The molecular formula is C24H27N5O. The van der Waals surface area contributed by atoms with Crippen LogP contribution in [0, 0.1) is 0 Å². The van der Waals surface area contributed by atoms with Gasteiger partial charge in [0.2, 0.25) is 0 Å². The first-order valence-electron chi connectivity index (χ1n) is 10.3. The second kappa shape index (κ2) is 8.53. The normalized spacial score (nSPS) is 13.0. The molecule has 1 aliphatic rings. The van der Waals surface area contributed by atoms with Crippen LogP contribution in [-0.4, -0.2) is 41.5 Å². The van der Waals surface area contributed by atoms with Crippen LogP contribution in [0.15, 0.2) is 54.6 Å². The standard InChI is InChI=1S/C24H27N5O/c1-4-17-10-8-9-13-20(17)26-24(30)29-15-14-21-19(16-29)23(28(2)3)27-22(25-21)18-11-6-5-7-12-18/h5-13H,4,14-16H2,1-3H3,(H,26,30). The minimum Gasteiger partial charge on any atom is -0.362 e. The third-order valence-electron chi connectivity index (χ3n) is 5.42. The van der Waals surface area contributed by atoms with Crippen molar-refractivity contribution in [2.24, 2.45) is 0 Å². The fourth-order valence-electron chi connectivity index (χ4n) is 3.80. The number of fused-ring (bicyclic) bond motifs is 1. The van der Waals surface area contributed by atoms with E-state index in [9.17, 15) is 4.79 Å². The summed E-state index contributed by atoms with van der Waals surface area (Å²) >= 11 is 0. The number of carbonyl (C=O) groups is 1. The van der Waals surface area contributed by atoms with Gasteiger partial charge in [0.15, 0.2) is 5.82 Å². The monoisotopic (exact) mass is 401 g/mol. The van der Waals surface area contributed by atoms with E-state index in [0.29, 0.717) is 19.5 Å². The molecule has 0 bridgehead atoms. The Bertz CT molecular complexity index is 1050. The first kappa shape index (κ1) is 19.9. The van der Waals surface area contributed by atoms with Crippen molar-refractivity contribution in [1.82, 2.24) is 14.9 Å².